The lowest BCUT2D eigenvalue weighted by molar-refractivity contribution is -0.118. The second kappa shape index (κ2) is 3.40. The lowest BCUT2D eigenvalue weighted by Gasteiger charge is -2.16. The molecule has 0 amide bonds. The van der Waals surface area contributed by atoms with Gasteiger partial charge >= 0.3 is 0 Å². The minimum atomic E-state index is -0.326. The predicted molar refractivity (Wildman–Crippen MR) is 50.0 cm³/mol. The van der Waals surface area contributed by atoms with Gasteiger partial charge in [0.1, 0.15) is 17.3 Å². The number of ketones is 1. The molecule has 0 N–H and O–H groups in total. The van der Waals surface area contributed by atoms with E-state index < -0.39 is 0 Å². The van der Waals surface area contributed by atoms with Crippen LogP contribution in [0.5, 0.6) is 5.75 Å². The maximum atomic E-state index is 13.5. The average molecular weight is 194 g/mol. The van der Waals surface area contributed by atoms with Crippen molar-refractivity contribution in [1.29, 1.82) is 0 Å². The van der Waals surface area contributed by atoms with Gasteiger partial charge in [-0.05, 0) is 23.6 Å². The molecular formula is C11H11FO2. The number of carbonyl (C=O) groups is 1. The molecule has 0 saturated carbocycles. The molecule has 14 heavy (non-hydrogen) atoms. The van der Waals surface area contributed by atoms with Gasteiger partial charge in [-0.15, -0.1) is 0 Å². The fourth-order valence-corrected chi connectivity index (χ4v) is 1.76. The number of Topliss-reactive ketones (excluding diaryl/α,β-unsaturated/α-hetero) is 1. The maximum Gasteiger partial charge on any atom is 0.137 e. The fraction of sp³-hybridized carbons (Fsp3) is 0.364. The zero-order chi connectivity index (χ0) is 10.1. The SMILES string of the molecule is COc1cc(F)c2c(c1)CCC(=O)C2. The summed E-state index contributed by atoms with van der Waals surface area (Å²) >= 11 is 0. The quantitative estimate of drug-likeness (QED) is 0.682. The molecule has 0 atom stereocenters. The van der Waals surface area contributed by atoms with Crippen LogP contribution in [0.15, 0.2) is 12.1 Å². The van der Waals surface area contributed by atoms with E-state index in [2.05, 4.69) is 0 Å². The maximum absolute atomic E-state index is 13.5. The van der Waals surface area contributed by atoms with E-state index in [9.17, 15) is 9.18 Å². The summed E-state index contributed by atoms with van der Waals surface area (Å²) in [4.78, 5) is 11.1. The second-order valence-corrected chi connectivity index (χ2v) is 3.46. The molecule has 3 heteroatoms. The summed E-state index contributed by atoms with van der Waals surface area (Å²) in [6.45, 7) is 0. The number of hydrogen-bond donors (Lipinski definition) is 0. The van der Waals surface area contributed by atoms with Crippen molar-refractivity contribution in [3.8, 4) is 5.75 Å². The van der Waals surface area contributed by atoms with E-state index in [4.69, 9.17) is 4.74 Å². The standard InChI is InChI=1S/C11H11FO2/c1-14-9-4-7-2-3-8(13)5-10(7)11(12)6-9/h4,6H,2-3,5H2,1H3. The third-order valence-electron chi connectivity index (χ3n) is 2.54. The highest BCUT2D eigenvalue weighted by Gasteiger charge is 2.19. The van der Waals surface area contributed by atoms with Gasteiger partial charge in [0.25, 0.3) is 0 Å². The van der Waals surface area contributed by atoms with Gasteiger partial charge in [0.05, 0.1) is 7.11 Å². The Balaban J connectivity index is 2.48. The molecule has 74 valence electrons. The number of hydrogen-bond acceptors (Lipinski definition) is 2. The number of rotatable bonds is 1. The normalized spacial score (nSPS) is 15.1. The van der Waals surface area contributed by atoms with Gasteiger partial charge in [-0.1, -0.05) is 0 Å². The smallest absolute Gasteiger partial charge is 0.137 e. The molecule has 1 aromatic rings. The van der Waals surface area contributed by atoms with E-state index in [-0.39, 0.29) is 18.0 Å². The third-order valence-corrected chi connectivity index (χ3v) is 2.54. The van der Waals surface area contributed by atoms with Gasteiger partial charge in [-0.2, -0.15) is 0 Å². The molecule has 0 aliphatic heterocycles. The fourth-order valence-electron chi connectivity index (χ4n) is 1.76. The van der Waals surface area contributed by atoms with Crippen LogP contribution in [-0.4, -0.2) is 12.9 Å². The molecule has 1 aliphatic rings. The highest BCUT2D eigenvalue weighted by molar-refractivity contribution is 5.83. The van der Waals surface area contributed by atoms with Crippen LogP contribution in [0.2, 0.25) is 0 Å². The summed E-state index contributed by atoms with van der Waals surface area (Å²) in [6, 6.07) is 3.14. The van der Waals surface area contributed by atoms with Crippen molar-refractivity contribution in [3.63, 3.8) is 0 Å². The van der Waals surface area contributed by atoms with E-state index >= 15 is 0 Å². The molecule has 0 aromatic heterocycles. The van der Waals surface area contributed by atoms with Gasteiger partial charge in [-0.25, -0.2) is 4.39 Å². The average Bonchev–Trinajstić information content (AvgIpc) is 2.19. The molecule has 0 heterocycles. The zero-order valence-corrected chi connectivity index (χ0v) is 7.97. The molecule has 0 radical (unpaired) electrons. The minimum absolute atomic E-state index is 0.113. The summed E-state index contributed by atoms with van der Waals surface area (Å²) < 4.78 is 18.4. The van der Waals surface area contributed by atoms with Crippen LogP contribution in [0.3, 0.4) is 0 Å². The summed E-state index contributed by atoms with van der Waals surface area (Å²) in [5.41, 5.74) is 1.45. The first kappa shape index (κ1) is 9.19. The molecule has 1 aliphatic carbocycles. The van der Waals surface area contributed by atoms with Crippen LogP contribution in [-0.2, 0) is 17.6 Å². The van der Waals surface area contributed by atoms with Crippen molar-refractivity contribution >= 4 is 5.78 Å². The molecule has 0 spiro atoms. The van der Waals surface area contributed by atoms with Crippen molar-refractivity contribution in [3.05, 3.63) is 29.1 Å². The number of methoxy groups -OCH3 is 1. The molecule has 2 nitrogen and oxygen atoms in total. The van der Waals surface area contributed by atoms with E-state index in [1.165, 1.54) is 13.2 Å². The number of aryl methyl sites for hydroxylation is 1. The number of ether oxygens (including phenoxy) is 1. The summed E-state index contributed by atoms with van der Waals surface area (Å²) in [5, 5.41) is 0. The van der Waals surface area contributed by atoms with Crippen LogP contribution >= 0.6 is 0 Å². The van der Waals surface area contributed by atoms with Gasteiger partial charge in [0.15, 0.2) is 0 Å². The first-order valence-electron chi connectivity index (χ1n) is 4.57. The molecule has 2 rings (SSSR count). The zero-order valence-electron chi connectivity index (χ0n) is 7.97. The van der Waals surface area contributed by atoms with E-state index in [1.807, 2.05) is 6.07 Å². The van der Waals surface area contributed by atoms with Crippen LogP contribution < -0.4 is 4.74 Å². The Hall–Kier alpha value is -1.38. The Morgan fingerprint density at radius 3 is 2.86 bits per heavy atom. The van der Waals surface area contributed by atoms with Gasteiger partial charge in [0, 0.05) is 18.9 Å². The Morgan fingerprint density at radius 2 is 2.14 bits per heavy atom. The van der Waals surface area contributed by atoms with Crippen molar-refractivity contribution in [2.75, 3.05) is 7.11 Å². The van der Waals surface area contributed by atoms with Gasteiger partial charge < -0.3 is 4.74 Å². The molecular weight excluding hydrogens is 183 g/mol. The highest BCUT2D eigenvalue weighted by atomic mass is 19.1. The Bertz CT molecular complexity index is 385. The Labute approximate surface area is 81.7 Å². The van der Waals surface area contributed by atoms with E-state index in [1.54, 1.807) is 0 Å². The van der Waals surface area contributed by atoms with Gasteiger partial charge in [0.2, 0.25) is 0 Å². The summed E-state index contributed by atoms with van der Waals surface area (Å²) in [7, 11) is 1.51. The van der Waals surface area contributed by atoms with E-state index in [0.29, 0.717) is 24.2 Å². The van der Waals surface area contributed by atoms with Crippen molar-refractivity contribution < 1.29 is 13.9 Å². The van der Waals surface area contributed by atoms with Crippen LogP contribution in [0, 0.1) is 5.82 Å². The largest absolute Gasteiger partial charge is 0.497 e. The molecule has 1 aromatic carbocycles. The van der Waals surface area contributed by atoms with Gasteiger partial charge in [-0.3, -0.25) is 4.79 Å². The summed E-state index contributed by atoms with van der Waals surface area (Å²) in [5.74, 6) is 0.310. The van der Waals surface area contributed by atoms with E-state index in [0.717, 1.165) is 5.56 Å². The lowest BCUT2D eigenvalue weighted by atomic mass is 9.90. The van der Waals surface area contributed by atoms with Crippen LogP contribution in [0.1, 0.15) is 17.5 Å². The van der Waals surface area contributed by atoms with Crippen LogP contribution in [0.25, 0.3) is 0 Å². The monoisotopic (exact) mass is 194 g/mol. The third kappa shape index (κ3) is 1.50. The second-order valence-electron chi connectivity index (χ2n) is 3.46. The topological polar surface area (TPSA) is 26.3 Å². The molecule has 0 bridgehead atoms. The minimum Gasteiger partial charge on any atom is -0.497 e. The van der Waals surface area contributed by atoms with Crippen molar-refractivity contribution in [1.82, 2.24) is 0 Å². The van der Waals surface area contributed by atoms with Crippen molar-refractivity contribution in [2.45, 2.75) is 19.3 Å². The molecule has 0 fully saturated rings. The first-order chi connectivity index (χ1) is 6.70. The Kier molecular flexibility index (Phi) is 2.23. The van der Waals surface area contributed by atoms with Crippen molar-refractivity contribution in [2.24, 2.45) is 0 Å². The Morgan fingerprint density at radius 1 is 1.36 bits per heavy atom. The molecule has 0 saturated heterocycles. The number of fused-ring (bicyclic) bond motifs is 1. The van der Waals surface area contributed by atoms with Crippen LogP contribution in [0.4, 0.5) is 4.39 Å². The summed E-state index contributed by atoms with van der Waals surface area (Å²) in [6.07, 6.45) is 1.37. The number of benzene rings is 1. The number of carbonyl (C=O) groups excluding carboxylic acids is 1. The predicted octanol–water partition coefficient (Wildman–Crippen LogP) is 1.89. The first-order valence-corrected chi connectivity index (χ1v) is 4.57. The lowest BCUT2D eigenvalue weighted by Crippen LogP contribution is -2.15. The number of halogens is 1. The highest BCUT2D eigenvalue weighted by Crippen LogP contribution is 2.26. The molecule has 0 unspecified atom stereocenters.